The van der Waals surface area contributed by atoms with Gasteiger partial charge in [0.2, 0.25) is 5.88 Å². The minimum atomic E-state index is -0.643. The van der Waals surface area contributed by atoms with E-state index in [4.69, 9.17) is 0 Å². The molecule has 0 aliphatic heterocycles. The minimum absolute atomic E-state index is 0.114. The zero-order valence-corrected chi connectivity index (χ0v) is 9.70. The van der Waals surface area contributed by atoms with Gasteiger partial charge in [-0.15, -0.1) is 5.10 Å². The molecule has 0 bridgehead atoms. The molecule has 3 nitrogen and oxygen atoms in total. The fraction of sp³-hybridized carbons (Fsp3) is 0.308. The molecule has 17 heavy (non-hydrogen) atoms. The molecule has 2 rings (SSSR count). The van der Waals surface area contributed by atoms with Crippen LogP contribution in [0.4, 0.5) is 4.39 Å². The molecule has 4 heteroatoms. The first-order valence-corrected chi connectivity index (χ1v) is 5.63. The molecule has 0 aliphatic carbocycles. The van der Waals surface area contributed by atoms with Crippen LogP contribution in [0.3, 0.4) is 0 Å². The Kier molecular flexibility index (Phi) is 3.42. The second-order valence-corrected chi connectivity index (χ2v) is 3.98. The lowest BCUT2D eigenvalue weighted by Crippen LogP contribution is -1.92. The number of aromatic amines is 1. The van der Waals surface area contributed by atoms with E-state index < -0.39 is 6.67 Å². The number of nitrogens with zero attached hydrogens (tertiary/aromatic N) is 1. The molecule has 90 valence electrons. The minimum Gasteiger partial charge on any atom is -0.492 e. The van der Waals surface area contributed by atoms with Crippen molar-refractivity contribution in [3.05, 3.63) is 46.6 Å². The monoisotopic (exact) mass is 234 g/mol. The van der Waals surface area contributed by atoms with Gasteiger partial charge >= 0.3 is 0 Å². The number of benzene rings is 1. The quantitative estimate of drug-likeness (QED) is 0.854. The van der Waals surface area contributed by atoms with Crippen LogP contribution in [0.15, 0.2) is 24.3 Å². The maximum absolute atomic E-state index is 12.6. The molecule has 2 aromatic rings. The third-order valence-corrected chi connectivity index (χ3v) is 2.88. The van der Waals surface area contributed by atoms with Crippen LogP contribution in [0.5, 0.6) is 5.88 Å². The van der Waals surface area contributed by atoms with E-state index in [1.54, 1.807) is 0 Å². The van der Waals surface area contributed by atoms with Crippen LogP contribution >= 0.6 is 0 Å². The molecule has 0 saturated carbocycles. The van der Waals surface area contributed by atoms with E-state index in [1.165, 1.54) is 5.56 Å². The number of H-pyrrole nitrogens is 1. The summed E-state index contributed by atoms with van der Waals surface area (Å²) in [4.78, 5) is 0. The molecule has 0 atom stereocenters. The summed E-state index contributed by atoms with van der Waals surface area (Å²) in [6.07, 6.45) is 1.48. The Morgan fingerprint density at radius 2 is 1.88 bits per heavy atom. The molecule has 0 saturated heterocycles. The van der Waals surface area contributed by atoms with Gasteiger partial charge in [-0.25, -0.2) is 4.39 Å². The standard InChI is InChI=1S/C13H15FN2O/c1-2-9-3-5-10(6-4-9)7-11-12(8-14)15-16-13(11)17/h3-6H,2,7-8H2,1H3,(H2,15,16,17). The van der Waals surface area contributed by atoms with Crippen molar-refractivity contribution in [1.82, 2.24) is 10.2 Å². The van der Waals surface area contributed by atoms with E-state index in [0.29, 0.717) is 17.7 Å². The topological polar surface area (TPSA) is 48.9 Å². The van der Waals surface area contributed by atoms with Crippen molar-refractivity contribution in [2.75, 3.05) is 0 Å². The summed E-state index contributed by atoms with van der Waals surface area (Å²) in [7, 11) is 0. The van der Waals surface area contributed by atoms with Gasteiger partial charge in [0.15, 0.2) is 0 Å². The van der Waals surface area contributed by atoms with Gasteiger partial charge in [-0.1, -0.05) is 31.2 Å². The zero-order valence-electron chi connectivity index (χ0n) is 9.70. The van der Waals surface area contributed by atoms with E-state index in [2.05, 4.69) is 17.1 Å². The van der Waals surface area contributed by atoms with Crippen molar-refractivity contribution >= 4 is 0 Å². The molecule has 0 spiro atoms. The maximum atomic E-state index is 12.6. The Bertz CT molecular complexity index is 491. The number of aryl methyl sites for hydroxylation is 1. The van der Waals surface area contributed by atoms with Crippen molar-refractivity contribution in [1.29, 1.82) is 0 Å². The van der Waals surface area contributed by atoms with Crippen molar-refractivity contribution in [2.24, 2.45) is 0 Å². The summed E-state index contributed by atoms with van der Waals surface area (Å²) in [5, 5.41) is 15.6. The number of hydrogen-bond donors (Lipinski definition) is 2. The lowest BCUT2D eigenvalue weighted by Gasteiger charge is -2.03. The first-order valence-electron chi connectivity index (χ1n) is 5.63. The summed E-state index contributed by atoms with van der Waals surface area (Å²) in [6, 6.07) is 8.07. The number of rotatable bonds is 4. The van der Waals surface area contributed by atoms with E-state index in [0.717, 1.165) is 12.0 Å². The Labute approximate surface area is 99.3 Å². The average Bonchev–Trinajstić information content (AvgIpc) is 2.71. The van der Waals surface area contributed by atoms with E-state index in [9.17, 15) is 9.50 Å². The van der Waals surface area contributed by atoms with Gasteiger partial charge in [-0.2, -0.15) is 0 Å². The fourth-order valence-electron chi connectivity index (χ4n) is 1.78. The molecule has 0 unspecified atom stereocenters. The second-order valence-electron chi connectivity index (χ2n) is 3.98. The van der Waals surface area contributed by atoms with Gasteiger partial charge in [-0.05, 0) is 17.5 Å². The van der Waals surface area contributed by atoms with E-state index in [-0.39, 0.29) is 5.88 Å². The van der Waals surface area contributed by atoms with E-state index in [1.807, 2.05) is 24.3 Å². The van der Waals surface area contributed by atoms with Gasteiger partial charge in [-0.3, -0.25) is 5.10 Å². The van der Waals surface area contributed by atoms with Gasteiger partial charge in [0, 0.05) is 12.0 Å². The van der Waals surface area contributed by atoms with Crippen molar-refractivity contribution < 1.29 is 9.50 Å². The lowest BCUT2D eigenvalue weighted by molar-refractivity contribution is 0.446. The van der Waals surface area contributed by atoms with Gasteiger partial charge in [0.05, 0.1) is 5.69 Å². The molecular weight excluding hydrogens is 219 g/mol. The predicted octanol–water partition coefficient (Wildman–Crippen LogP) is 2.74. The Morgan fingerprint density at radius 3 is 2.47 bits per heavy atom. The Balaban J connectivity index is 2.21. The number of nitrogens with one attached hydrogen (secondary N) is 1. The highest BCUT2D eigenvalue weighted by atomic mass is 19.1. The highest BCUT2D eigenvalue weighted by molar-refractivity contribution is 5.35. The van der Waals surface area contributed by atoms with Crippen LogP contribution in [0.2, 0.25) is 0 Å². The van der Waals surface area contributed by atoms with Crippen LogP contribution in [-0.4, -0.2) is 15.3 Å². The van der Waals surface area contributed by atoms with Crippen LogP contribution in [0.25, 0.3) is 0 Å². The van der Waals surface area contributed by atoms with Crippen LogP contribution in [0.1, 0.15) is 29.3 Å². The SMILES string of the molecule is CCc1ccc(Cc2c(O)n[nH]c2CF)cc1. The highest BCUT2D eigenvalue weighted by Gasteiger charge is 2.12. The molecule has 1 aromatic carbocycles. The number of alkyl halides is 1. The molecule has 1 heterocycles. The summed E-state index contributed by atoms with van der Waals surface area (Å²) in [5.74, 6) is -0.114. The van der Waals surface area contributed by atoms with Crippen molar-refractivity contribution in [3.8, 4) is 5.88 Å². The zero-order chi connectivity index (χ0) is 12.3. The van der Waals surface area contributed by atoms with Crippen molar-refractivity contribution in [2.45, 2.75) is 26.4 Å². The summed E-state index contributed by atoms with van der Waals surface area (Å²) < 4.78 is 12.6. The summed E-state index contributed by atoms with van der Waals surface area (Å²) in [6.45, 7) is 1.45. The number of hydrogen-bond acceptors (Lipinski definition) is 2. The molecule has 0 radical (unpaired) electrons. The van der Waals surface area contributed by atoms with Crippen molar-refractivity contribution in [3.63, 3.8) is 0 Å². The first kappa shape index (κ1) is 11.6. The molecule has 0 aliphatic rings. The molecule has 0 amide bonds. The normalized spacial score (nSPS) is 10.7. The highest BCUT2D eigenvalue weighted by Crippen LogP contribution is 2.22. The Morgan fingerprint density at radius 1 is 1.24 bits per heavy atom. The third-order valence-electron chi connectivity index (χ3n) is 2.88. The second kappa shape index (κ2) is 4.99. The smallest absolute Gasteiger partial charge is 0.234 e. The fourth-order valence-corrected chi connectivity index (χ4v) is 1.78. The van der Waals surface area contributed by atoms with E-state index >= 15 is 0 Å². The van der Waals surface area contributed by atoms with Gasteiger partial charge in [0.25, 0.3) is 0 Å². The number of aromatic nitrogens is 2. The summed E-state index contributed by atoms with van der Waals surface area (Å²) in [5.41, 5.74) is 3.18. The third kappa shape index (κ3) is 2.46. The van der Waals surface area contributed by atoms with Crippen LogP contribution in [0, 0.1) is 0 Å². The maximum Gasteiger partial charge on any atom is 0.234 e. The lowest BCUT2D eigenvalue weighted by atomic mass is 10.0. The van der Waals surface area contributed by atoms with Gasteiger partial charge in [0.1, 0.15) is 6.67 Å². The molecular formula is C13H15FN2O. The number of halogens is 1. The van der Waals surface area contributed by atoms with Crippen LogP contribution in [-0.2, 0) is 19.5 Å². The average molecular weight is 234 g/mol. The summed E-state index contributed by atoms with van der Waals surface area (Å²) >= 11 is 0. The molecule has 2 N–H and O–H groups in total. The number of aromatic hydroxyl groups is 1. The van der Waals surface area contributed by atoms with Gasteiger partial charge < -0.3 is 5.11 Å². The molecule has 0 fully saturated rings. The first-order chi connectivity index (χ1) is 8.24. The Hall–Kier alpha value is -1.84. The largest absolute Gasteiger partial charge is 0.492 e. The molecule has 1 aromatic heterocycles. The van der Waals surface area contributed by atoms with Crippen LogP contribution < -0.4 is 0 Å². The predicted molar refractivity (Wildman–Crippen MR) is 63.7 cm³/mol.